The standard InChI is InChI=1S/C14H19N3O3/c1-15(2)17-9-8-16(10-13(17)18)14(19)20-11-12-6-4-3-5-7-12/h3-7H,8-11H2,1-2H3. The first-order valence-corrected chi connectivity index (χ1v) is 6.51. The second-order valence-electron chi connectivity index (χ2n) is 4.83. The van der Waals surface area contributed by atoms with Crippen LogP contribution in [0.25, 0.3) is 0 Å². The molecule has 6 heteroatoms. The minimum Gasteiger partial charge on any atom is -0.445 e. The second kappa shape index (κ2) is 6.38. The Morgan fingerprint density at radius 2 is 1.95 bits per heavy atom. The van der Waals surface area contributed by atoms with E-state index in [-0.39, 0.29) is 19.1 Å². The van der Waals surface area contributed by atoms with Gasteiger partial charge < -0.3 is 4.74 Å². The van der Waals surface area contributed by atoms with Crippen molar-refractivity contribution in [3.05, 3.63) is 35.9 Å². The minimum atomic E-state index is -0.444. The molecule has 1 aliphatic heterocycles. The van der Waals surface area contributed by atoms with Crippen LogP contribution in [-0.2, 0) is 16.1 Å². The average molecular weight is 277 g/mol. The van der Waals surface area contributed by atoms with E-state index < -0.39 is 6.09 Å². The van der Waals surface area contributed by atoms with Gasteiger partial charge in [-0.15, -0.1) is 0 Å². The molecule has 0 aliphatic carbocycles. The van der Waals surface area contributed by atoms with E-state index in [0.717, 1.165) is 5.56 Å². The number of hydrogen-bond donors (Lipinski definition) is 0. The van der Waals surface area contributed by atoms with E-state index in [2.05, 4.69) is 0 Å². The molecule has 0 saturated carbocycles. The molecule has 0 aromatic heterocycles. The van der Waals surface area contributed by atoms with Gasteiger partial charge in [0.1, 0.15) is 13.2 Å². The third-order valence-electron chi connectivity index (χ3n) is 3.14. The van der Waals surface area contributed by atoms with Crippen LogP contribution in [0.4, 0.5) is 4.79 Å². The van der Waals surface area contributed by atoms with Gasteiger partial charge in [0.25, 0.3) is 5.91 Å². The Kier molecular flexibility index (Phi) is 4.57. The SMILES string of the molecule is CN(C)N1CCN(C(=O)OCc2ccccc2)CC1=O. The highest BCUT2D eigenvalue weighted by Crippen LogP contribution is 2.08. The van der Waals surface area contributed by atoms with E-state index in [0.29, 0.717) is 13.1 Å². The molecule has 0 atom stereocenters. The van der Waals surface area contributed by atoms with E-state index in [1.807, 2.05) is 30.3 Å². The molecule has 0 spiro atoms. The van der Waals surface area contributed by atoms with Crippen LogP contribution >= 0.6 is 0 Å². The maximum absolute atomic E-state index is 11.9. The van der Waals surface area contributed by atoms with Crippen LogP contribution < -0.4 is 0 Å². The monoisotopic (exact) mass is 277 g/mol. The molecule has 1 aliphatic rings. The topological polar surface area (TPSA) is 53.1 Å². The lowest BCUT2D eigenvalue weighted by Gasteiger charge is -2.36. The lowest BCUT2D eigenvalue weighted by Crippen LogP contribution is -2.56. The molecule has 1 fully saturated rings. The summed E-state index contributed by atoms with van der Waals surface area (Å²) in [6, 6.07) is 9.47. The highest BCUT2D eigenvalue weighted by atomic mass is 16.6. The Morgan fingerprint density at radius 3 is 2.55 bits per heavy atom. The van der Waals surface area contributed by atoms with Crippen molar-refractivity contribution in [2.75, 3.05) is 33.7 Å². The zero-order chi connectivity index (χ0) is 14.5. The van der Waals surface area contributed by atoms with Crippen molar-refractivity contribution in [2.45, 2.75) is 6.61 Å². The third kappa shape index (κ3) is 3.48. The average Bonchev–Trinajstić information content (AvgIpc) is 2.45. The Hall–Kier alpha value is -2.08. The maximum Gasteiger partial charge on any atom is 0.410 e. The Morgan fingerprint density at radius 1 is 1.25 bits per heavy atom. The van der Waals surface area contributed by atoms with E-state index in [4.69, 9.17) is 4.74 Å². The number of carbonyl (C=O) groups is 2. The first-order chi connectivity index (χ1) is 9.58. The molecule has 1 saturated heterocycles. The Labute approximate surface area is 118 Å². The second-order valence-corrected chi connectivity index (χ2v) is 4.83. The van der Waals surface area contributed by atoms with Gasteiger partial charge in [0.05, 0.1) is 6.54 Å². The van der Waals surface area contributed by atoms with Gasteiger partial charge in [0.2, 0.25) is 0 Å². The van der Waals surface area contributed by atoms with Gasteiger partial charge in [-0.25, -0.2) is 9.80 Å². The molecular formula is C14H19N3O3. The van der Waals surface area contributed by atoms with Gasteiger partial charge >= 0.3 is 6.09 Å². The summed E-state index contributed by atoms with van der Waals surface area (Å²) in [5.74, 6) is -0.0992. The van der Waals surface area contributed by atoms with Crippen molar-refractivity contribution >= 4 is 12.0 Å². The summed E-state index contributed by atoms with van der Waals surface area (Å²) in [5.41, 5.74) is 0.930. The number of carbonyl (C=O) groups excluding carboxylic acids is 2. The normalized spacial score (nSPS) is 15.7. The molecule has 1 aromatic carbocycles. The summed E-state index contributed by atoms with van der Waals surface area (Å²) in [6.45, 7) is 1.26. The van der Waals surface area contributed by atoms with Crippen LogP contribution in [0.3, 0.4) is 0 Å². The fourth-order valence-corrected chi connectivity index (χ4v) is 2.05. The summed E-state index contributed by atoms with van der Waals surface area (Å²) in [7, 11) is 3.61. The summed E-state index contributed by atoms with van der Waals surface area (Å²) < 4.78 is 5.21. The Bertz CT molecular complexity index is 476. The molecule has 0 N–H and O–H groups in total. The lowest BCUT2D eigenvalue weighted by atomic mass is 10.2. The molecule has 20 heavy (non-hydrogen) atoms. The number of hydrazine groups is 1. The van der Waals surface area contributed by atoms with Crippen LogP contribution in [0.2, 0.25) is 0 Å². The molecule has 0 bridgehead atoms. The van der Waals surface area contributed by atoms with E-state index in [1.54, 1.807) is 24.1 Å². The van der Waals surface area contributed by atoms with Gasteiger partial charge in [-0.05, 0) is 5.56 Å². The van der Waals surface area contributed by atoms with Crippen molar-refractivity contribution in [3.63, 3.8) is 0 Å². The largest absolute Gasteiger partial charge is 0.445 e. The summed E-state index contributed by atoms with van der Waals surface area (Å²) in [4.78, 5) is 25.2. The fourth-order valence-electron chi connectivity index (χ4n) is 2.05. The smallest absolute Gasteiger partial charge is 0.410 e. The van der Waals surface area contributed by atoms with Crippen LogP contribution in [0.1, 0.15) is 5.56 Å². The summed E-state index contributed by atoms with van der Waals surface area (Å²) in [5, 5.41) is 3.34. The number of hydrogen-bond acceptors (Lipinski definition) is 4. The molecule has 1 heterocycles. The maximum atomic E-state index is 11.9. The van der Waals surface area contributed by atoms with Gasteiger partial charge in [-0.1, -0.05) is 30.3 Å². The molecule has 0 radical (unpaired) electrons. The number of benzene rings is 1. The van der Waals surface area contributed by atoms with Gasteiger partial charge in [0, 0.05) is 20.6 Å². The van der Waals surface area contributed by atoms with Gasteiger partial charge in [-0.2, -0.15) is 0 Å². The van der Waals surface area contributed by atoms with Crippen molar-refractivity contribution in [2.24, 2.45) is 0 Å². The highest BCUT2D eigenvalue weighted by Gasteiger charge is 2.29. The summed E-state index contributed by atoms with van der Waals surface area (Å²) >= 11 is 0. The van der Waals surface area contributed by atoms with Crippen molar-refractivity contribution < 1.29 is 14.3 Å². The van der Waals surface area contributed by atoms with Crippen molar-refractivity contribution in [1.29, 1.82) is 0 Å². The van der Waals surface area contributed by atoms with Crippen molar-refractivity contribution in [3.8, 4) is 0 Å². The van der Waals surface area contributed by atoms with Gasteiger partial charge in [-0.3, -0.25) is 14.7 Å². The number of amides is 2. The number of ether oxygens (including phenoxy) is 1. The van der Waals surface area contributed by atoms with Crippen LogP contribution in [0.15, 0.2) is 30.3 Å². The van der Waals surface area contributed by atoms with Crippen molar-refractivity contribution in [1.82, 2.24) is 14.9 Å². The number of piperazine rings is 1. The first kappa shape index (κ1) is 14.3. The molecular weight excluding hydrogens is 258 g/mol. The molecule has 2 rings (SSSR count). The molecule has 1 aromatic rings. The van der Waals surface area contributed by atoms with E-state index in [1.165, 1.54) is 4.90 Å². The van der Waals surface area contributed by atoms with E-state index >= 15 is 0 Å². The zero-order valence-corrected chi connectivity index (χ0v) is 11.8. The third-order valence-corrected chi connectivity index (χ3v) is 3.14. The number of nitrogens with zero attached hydrogens (tertiary/aromatic N) is 3. The molecule has 0 unspecified atom stereocenters. The summed E-state index contributed by atoms with van der Waals surface area (Å²) in [6.07, 6.45) is -0.444. The van der Waals surface area contributed by atoms with Crippen LogP contribution in [-0.4, -0.2) is 60.6 Å². The quantitative estimate of drug-likeness (QED) is 0.825. The minimum absolute atomic E-state index is 0.0613. The molecule has 108 valence electrons. The van der Waals surface area contributed by atoms with Crippen LogP contribution in [0, 0.1) is 0 Å². The zero-order valence-electron chi connectivity index (χ0n) is 11.8. The fraction of sp³-hybridized carbons (Fsp3) is 0.429. The molecule has 2 amide bonds. The molecule has 6 nitrogen and oxygen atoms in total. The lowest BCUT2D eigenvalue weighted by molar-refractivity contribution is -0.150. The first-order valence-electron chi connectivity index (χ1n) is 6.51. The highest BCUT2D eigenvalue weighted by molar-refractivity contribution is 5.83. The Balaban J connectivity index is 1.84. The van der Waals surface area contributed by atoms with Crippen LogP contribution in [0.5, 0.6) is 0 Å². The predicted octanol–water partition coefficient (Wildman–Crippen LogP) is 0.944. The van der Waals surface area contributed by atoms with E-state index in [9.17, 15) is 9.59 Å². The number of rotatable bonds is 3. The predicted molar refractivity (Wildman–Crippen MR) is 73.6 cm³/mol. The van der Waals surface area contributed by atoms with Gasteiger partial charge in [0.15, 0.2) is 0 Å².